The number of allylic oxidation sites excluding steroid dienone is 2. The Labute approximate surface area is 181 Å². The molecule has 3 saturated carbocycles. The average Bonchev–Trinajstić information content (AvgIpc) is 3.05. The molecule has 1 N–H and O–H groups in total. The first-order valence-electron chi connectivity index (χ1n) is 13.1. The largest absolute Gasteiger partial charge is 0.396 e. The van der Waals surface area contributed by atoms with Crippen LogP contribution < -0.4 is 0 Å². The molecular weight excluding hydrogens is 352 g/mol. The van der Waals surface area contributed by atoms with E-state index in [1.807, 2.05) is 5.57 Å². The minimum Gasteiger partial charge on any atom is -0.396 e. The lowest BCUT2D eigenvalue weighted by Gasteiger charge is -2.58. The van der Waals surface area contributed by atoms with Gasteiger partial charge in [0.1, 0.15) is 0 Å². The first kappa shape index (κ1) is 21.9. The molecule has 4 aliphatic rings. The Bertz CT molecular complexity index is 607. The Kier molecular flexibility index (Phi) is 6.29. The number of aliphatic hydroxyl groups is 1. The Morgan fingerprint density at radius 3 is 2.48 bits per heavy atom. The smallest absolute Gasteiger partial charge is 0.0456 e. The highest BCUT2D eigenvalue weighted by Crippen LogP contribution is 2.67. The molecule has 9 atom stereocenters. The van der Waals surface area contributed by atoms with Gasteiger partial charge in [-0.2, -0.15) is 0 Å². The van der Waals surface area contributed by atoms with E-state index in [-0.39, 0.29) is 0 Å². The third-order valence-electron chi connectivity index (χ3n) is 10.8. The summed E-state index contributed by atoms with van der Waals surface area (Å²) in [6, 6.07) is 0. The van der Waals surface area contributed by atoms with Gasteiger partial charge in [-0.1, -0.05) is 65.5 Å². The molecule has 1 heteroatoms. The van der Waals surface area contributed by atoms with Gasteiger partial charge >= 0.3 is 0 Å². The standard InChI is InChI=1S/C28H48O/c1-19-13-15-27(4)22(17-19)9-10-23-25-12-11-24(28(25,5)16-14-26(23)27)21(3)8-6-7-20(2)18-29/h10,19-22,24-26,29H,6-9,11-18H2,1-5H3/t19?,20?,21-,22?,24-,25+,26+,27+,28-/m1/s1. The molecular formula is C28H48O. The Balaban J connectivity index is 1.47. The van der Waals surface area contributed by atoms with Crippen molar-refractivity contribution in [3.8, 4) is 0 Å². The van der Waals surface area contributed by atoms with E-state index in [9.17, 15) is 5.11 Å². The van der Waals surface area contributed by atoms with Gasteiger partial charge in [0, 0.05) is 6.61 Å². The quantitative estimate of drug-likeness (QED) is 0.454. The van der Waals surface area contributed by atoms with E-state index in [2.05, 4.69) is 40.7 Å². The van der Waals surface area contributed by atoms with Crippen molar-refractivity contribution in [2.45, 2.75) is 105 Å². The van der Waals surface area contributed by atoms with Gasteiger partial charge in [-0.25, -0.2) is 0 Å². The molecule has 4 rings (SSSR count). The number of hydrogen-bond acceptors (Lipinski definition) is 1. The molecule has 0 heterocycles. The van der Waals surface area contributed by atoms with Crippen molar-refractivity contribution < 1.29 is 5.11 Å². The molecule has 1 nitrogen and oxygen atoms in total. The third-order valence-corrected chi connectivity index (χ3v) is 10.8. The summed E-state index contributed by atoms with van der Waals surface area (Å²) in [6.07, 6.45) is 18.3. The molecule has 166 valence electrons. The molecule has 0 aromatic carbocycles. The van der Waals surface area contributed by atoms with Gasteiger partial charge in [-0.15, -0.1) is 0 Å². The SMILES string of the molecule is CC(CO)CCC[C@@H](C)[C@H]1CC[C@H]2C3=CCC4CC(C)CC[C@]4(C)[C@H]3CC[C@]12C. The molecule has 0 bridgehead atoms. The summed E-state index contributed by atoms with van der Waals surface area (Å²) in [6.45, 7) is 12.9. The zero-order valence-electron chi connectivity index (χ0n) is 20.1. The summed E-state index contributed by atoms with van der Waals surface area (Å²) >= 11 is 0. The highest BCUT2D eigenvalue weighted by atomic mass is 16.3. The molecule has 0 spiro atoms. The van der Waals surface area contributed by atoms with Crippen molar-refractivity contribution in [1.29, 1.82) is 0 Å². The summed E-state index contributed by atoms with van der Waals surface area (Å²) in [5.74, 6) is 5.90. The first-order valence-corrected chi connectivity index (χ1v) is 13.1. The maximum absolute atomic E-state index is 9.33. The van der Waals surface area contributed by atoms with Crippen LogP contribution in [0.15, 0.2) is 11.6 Å². The number of fused-ring (bicyclic) bond motifs is 5. The van der Waals surface area contributed by atoms with Crippen LogP contribution in [-0.2, 0) is 0 Å². The van der Waals surface area contributed by atoms with Crippen LogP contribution in [0.5, 0.6) is 0 Å². The van der Waals surface area contributed by atoms with Crippen LogP contribution in [-0.4, -0.2) is 11.7 Å². The molecule has 29 heavy (non-hydrogen) atoms. The van der Waals surface area contributed by atoms with Gasteiger partial charge in [-0.3, -0.25) is 0 Å². The summed E-state index contributed by atoms with van der Waals surface area (Å²) < 4.78 is 0. The maximum atomic E-state index is 9.33. The monoisotopic (exact) mass is 400 g/mol. The fraction of sp³-hybridized carbons (Fsp3) is 0.929. The summed E-state index contributed by atoms with van der Waals surface area (Å²) in [5, 5.41) is 9.33. The Morgan fingerprint density at radius 2 is 1.72 bits per heavy atom. The molecule has 3 unspecified atom stereocenters. The molecule has 4 aliphatic carbocycles. The molecule has 0 amide bonds. The predicted octanol–water partition coefficient (Wildman–Crippen LogP) is 7.64. The number of aliphatic hydroxyl groups excluding tert-OH is 1. The van der Waals surface area contributed by atoms with E-state index in [0.717, 1.165) is 35.5 Å². The minimum absolute atomic E-state index is 0.353. The minimum atomic E-state index is 0.353. The zero-order valence-corrected chi connectivity index (χ0v) is 20.1. The van der Waals surface area contributed by atoms with Gasteiger partial charge in [-0.05, 0) is 104 Å². The third kappa shape index (κ3) is 3.77. The lowest BCUT2D eigenvalue weighted by atomic mass is 9.47. The second kappa shape index (κ2) is 8.33. The van der Waals surface area contributed by atoms with Crippen molar-refractivity contribution in [2.75, 3.05) is 6.61 Å². The Hall–Kier alpha value is -0.300. The van der Waals surface area contributed by atoms with Gasteiger partial charge in [0.2, 0.25) is 0 Å². The predicted molar refractivity (Wildman–Crippen MR) is 124 cm³/mol. The fourth-order valence-corrected chi connectivity index (χ4v) is 8.78. The number of rotatable bonds is 6. The maximum Gasteiger partial charge on any atom is 0.0456 e. The first-order chi connectivity index (χ1) is 13.8. The van der Waals surface area contributed by atoms with E-state index in [1.54, 1.807) is 0 Å². The van der Waals surface area contributed by atoms with Gasteiger partial charge in [0.15, 0.2) is 0 Å². The van der Waals surface area contributed by atoms with Crippen LogP contribution in [0, 0.1) is 52.3 Å². The van der Waals surface area contributed by atoms with E-state index >= 15 is 0 Å². The molecule has 0 aliphatic heterocycles. The molecule has 0 saturated heterocycles. The fourth-order valence-electron chi connectivity index (χ4n) is 8.78. The van der Waals surface area contributed by atoms with Crippen LogP contribution in [0.25, 0.3) is 0 Å². The normalized spacial score (nSPS) is 46.3. The Morgan fingerprint density at radius 1 is 1.00 bits per heavy atom. The summed E-state index contributed by atoms with van der Waals surface area (Å²) in [7, 11) is 0. The highest BCUT2D eigenvalue weighted by Gasteiger charge is 2.57. The van der Waals surface area contributed by atoms with Crippen LogP contribution in [0.3, 0.4) is 0 Å². The van der Waals surface area contributed by atoms with Crippen LogP contribution in [0.1, 0.15) is 105 Å². The van der Waals surface area contributed by atoms with Crippen molar-refractivity contribution in [3.05, 3.63) is 11.6 Å². The lowest BCUT2D eigenvalue weighted by molar-refractivity contribution is -0.0187. The van der Waals surface area contributed by atoms with E-state index < -0.39 is 0 Å². The molecule has 0 aromatic rings. The highest BCUT2D eigenvalue weighted by molar-refractivity contribution is 5.27. The van der Waals surface area contributed by atoms with Crippen LogP contribution in [0.4, 0.5) is 0 Å². The van der Waals surface area contributed by atoms with Gasteiger partial charge in [0.25, 0.3) is 0 Å². The van der Waals surface area contributed by atoms with Crippen LogP contribution >= 0.6 is 0 Å². The molecule has 0 radical (unpaired) electrons. The van der Waals surface area contributed by atoms with E-state index in [0.29, 0.717) is 23.4 Å². The van der Waals surface area contributed by atoms with Crippen molar-refractivity contribution >= 4 is 0 Å². The second-order valence-corrected chi connectivity index (χ2v) is 12.6. The van der Waals surface area contributed by atoms with E-state index in [1.165, 1.54) is 70.6 Å². The summed E-state index contributed by atoms with van der Waals surface area (Å²) in [4.78, 5) is 0. The summed E-state index contributed by atoms with van der Waals surface area (Å²) in [5.41, 5.74) is 3.08. The lowest BCUT2D eigenvalue weighted by Crippen LogP contribution is -2.49. The zero-order chi connectivity index (χ0) is 20.8. The van der Waals surface area contributed by atoms with Crippen LogP contribution in [0.2, 0.25) is 0 Å². The molecule has 0 aromatic heterocycles. The van der Waals surface area contributed by atoms with Crippen molar-refractivity contribution in [1.82, 2.24) is 0 Å². The van der Waals surface area contributed by atoms with Crippen molar-refractivity contribution in [2.24, 2.45) is 52.3 Å². The second-order valence-electron chi connectivity index (χ2n) is 12.6. The number of hydrogen-bond donors (Lipinski definition) is 1. The van der Waals surface area contributed by atoms with Crippen molar-refractivity contribution in [3.63, 3.8) is 0 Å². The molecule has 3 fully saturated rings. The average molecular weight is 401 g/mol. The topological polar surface area (TPSA) is 20.2 Å². The van der Waals surface area contributed by atoms with Gasteiger partial charge < -0.3 is 5.11 Å². The van der Waals surface area contributed by atoms with Gasteiger partial charge in [0.05, 0.1) is 0 Å². The van der Waals surface area contributed by atoms with E-state index in [4.69, 9.17) is 0 Å².